The zero-order chi connectivity index (χ0) is 22.3. The SMILES string of the molecule is CO[C@H]1CCC[C@@H](C(=O)N2CCC(n3c(C(C)C)nc4sc(C)c(C)c4c3=O)CC2)C1. The van der Waals surface area contributed by atoms with Crippen molar-refractivity contribution >= 4 is 27.5 Å². The minimum absolute atomic E-state index is 0.0821. The monoisotopic (exact) mass is 445 g/mol. The molecule has 2 atom stereocenters. The standard InChI is InChI=1S/C24H35N3O3S/c1-14(2)21-25-22-20(15(3)16(4)31-22)24(29)27(21)18-9-11-26(12-10-18)23(28)17-7-6-8-19(13-17)30-5/h14,17-19H,6-13H2,1-5H3/t17-,19+/m1/s1. The fourth-order valence-corrected chi connectivity index (χ4v) is 6.29. The van der Waals surface area contributed by atoms with Crippen molar-refractivity contribution in [2.24, 2.45) is 5.92 Å². The lowest BCUT2D eigenvalue weighted by Gasteiger charge is -2.37. The van der Waals surface area contributed by atoms with Crippen molar-refractivity contribution in [3.05, 3.63) is 26.6 Å². The van der Waals surface area contributed by atoms with Gasteiger partial charge in [-0.1, -0.05) is 20.3 Å². The number of fused-ring (bicyclic) bond motifs is 1. The Hall–Kier alpha value is -1.73. The largest absolute Gasteiger partial charge is 0.381 e. The summed E-state index contributed by atoms with van der Waals surface area (Å²) in [7, 11) is 1.74. The number of ether oxygens (including phenoxy) is 1. The molecule has 6 nitrogen and oxygen atoms in total. The lowest BCUT2D eigenvalue weighted by molar-refractivity contribution is -0.139. The Labute approximate surface area is 188 Å². The summed E-state index contributed by atoms with van der Waals surface area (Å²) >= 11 is 1.61. The lowest BCUT2D eigenvalue weighted by atomic mass is 9.85. The van der Waals surface area contributed by atoms with Gasteiger partial charge >= 0.3 is 0 Å². The van der Waals surface area contributed by atoms with E-state index < -0.39 is 0 Å². The van der Waals surface area contributed by atoms with Crippen LogP contribution in [0.15, 0.2) is 4.79 Å². The molecule has 2 fully saturated rings. The van der Waals surface area contributed by atoms with E-state index in [1.807, 2.05) is 16.4 Å². The predicted molar refractivity (Wildman–Crippen MR) is 125 cm³/mol. The molecule has 0 bridgehead atoms. The first kappa shape index (κ1) is 22.5. The van der Waals surface area contributed by atoms with Crippen LogP contribution in [-0.2, 0) is 9.53 Å². The van der Waals surface area contributed by atoms with E-state index >= 15 is 0 Å². The molecule has 0 spiro atoms. The summed E-state index contributed by atoms with van der Waals surface area (Å²) in [6.45, 7) is 9.71. The van der Waals surface area contributed by atoms with E-state index in [2.05, 4.69) is 20.8 Å². The molecule has 4 rings (SSSR count). The summed E-state index contributed by atoms with van der Waals surface area (Å²) in [5.74, 6) is 1.40. The van der Waals surface area contributed by atoms with Gasteiger partial charge in [-0.2, -0.15) is 0 Å². The highest BCUT2D eigenvalue weighted by Crippen LogP contribution is 2.33. The van der Waals surface area contributed by atoms with Crippen LogP contribution in [-0.4, -0.2) is 46.7 Å². The third-order valence-corrected chi connectivity index (χ3v) is 8.33. The molecule has 1 aliphatic carbocycles. The van der Waals surface area contributed by atoms with Crippen molar-refractivity contribution in [3.8, 4) is 0 Å². The van der Waals surface area contributed by atoms with E-state index in [0.717, 1.165) is 65.0 Å². The molecule has 170 valence electrons. The third-order valence-electron chi connectivity index (χ3n) is 7.23. The molecule has 0 unspecified atom stereocenters. The van der Waals surface area contributed by atoms with Crippen molar-refractivity contribution in [1.82, 2.24) is 14.5 Å². The van der Waals surface area contributed by atoms with Gasteiger partial charge < -0.3 is 9.64 Å². The Bertz CT molecular complexity index is 1020. The second kappa shape index (κ2) is 9.02. The van der Waals surface area contributed by atoms with Gasteiger partial charge in [0.15, 0.2) is 0 Å². The Morgan fingerprint density at radius 2 is 1.87 bits per heavy atom. The van der Waals surface area contributed by atoms with Crippen LogP contribution in [0.3, 0.4) is 0 Å². The van der Waals surface area contributed by atoms with Gasteiger partial charge in [0.1, 0.15) is 10.7 Å². The average molecular weight is 446 g/mol. The van der Waals surface area contributed by atoms with E-state index in [9.17, 15) is 9.59 Å². The van der Waals surface area contributed by atoms with Crippen LogP contribution in [0, 0.1) is 19.8 Å². The van der Waals surface area contributed by atoms with Gasteiger partial charge in [-0.05, 0) is 51.5 Å². The topological polar surface area (TPSA) is 64.4 Å². The highest BCUT2D eigenvalue weighted by atomic mass is 32.1. The molecule has 2 aliphatic rings. The number of nitrogens with zero attached hydrogens (tertiary/aromatic N) is 3. The van der Waals surface area contributed by atoms with Gasteiger partial charge in [-0.25, -0.2) is 4.98 Å². The number of piperidine rings is 1. The van der Waals surface area contributed by atoms with E-state index in [4.69, 9.17) is 9.72 Å². The van der Waals surface area contributed by atoms with Gasteiger partial charge in [-0.3, -0.25) is 14.2 Å². The molecule has 0 N–H and O–H groups in total. The Kier molecular flexibility index (Phi) is 6.54. The smallest absolute Gasteiger partial charge is 0.262 e. The zero-order valence-electron chi connectivity index (χ0n) is 19.4. The lowest BCUT2D eigenvalue weighted by Crippen LogP contribution is -2.45. The van der Waals surface area contributed by atoms with Gasteiger partial charge in [0.2, 0.25) is 5.91 Å². The predicted octanol–water partition coefficient (Wildman–Crippen LogP) is 4.57. The van der Waals surface area contributed by atoms with Gasteiger partial charge in [0, 0.05) is 43.0 Å². The molecule has 1 aliphatic heterocycles. The van der Waals surface area contributed by atoms with E-state index in [0.29, 0.717) is 13.1 Å². The normalized spacial score (nSPS) is 23.1. The molecule has 1 saturated carbocycles. The maximum atomic E-state index is 13.6. The summed E-state index contributed by atoms with van der Waals surface area (Å²) in [6.07, 6.45) is 5.74. The highest BCUT2D eigenvalue weighted by molar-refractivity contribution is 7.18. The molecule has 0 aromatic carbocycles. The second-order valence-corrected chi connectivity index (χ2v) is 10.7. The fraction of sp³-hybridized carbons (Fsp3) is 0.708. The Morgan fingerprint density at radius 1 is 1.16 bits per heavy atom. The fourth-order valence-electron chi connectivity index (χ4n) is 5.27. The molecule has 1 saturated heterocycles. The number of rotatable bonds is 4. The van der Waals surface area contributed by atoms with Gasteiger partial charge in [0.05, 0.1) is 11.5 Å². The first-order valence-electron chi connectivity index (χ1n) is 11.7. The van der Waals surface area contributed by atoms with Crippen LogP contribution in [0.5, 0.6) is 0 Å². The summed E-state index contributed by atoms with van der Waals surface area (Å²) in [5.41, 5.74) is 1.15. The minimum atomic E-state index is 0.0821. The number of aryl methyl sites for hydroxylation is 2. The number of carbonyl (C=O) groups excluding carboxylic acids is 1. The number of amides is 1. The highest BCUT2D eigenvalue weighted by Gasteiger charge is 2.33. The number of hydrogen-bond acceptors (Lipinski definition) is 5. The van der Waals surface area contributed by atoms with Crippen LogP contribution in [0.25, 0.3) is 10.2 Å². The minimum Gasteiger partial charge on any atom is -0.381 e. The van der Waals surface area contributed by atoms with Crippen LogP contribution in [0.1, 0.15) is 80.6 Å². The van der Waals surface area contributed by atoms with Crippen molar-refractivity contribution in [2.75, 3.05) is 20.2 Å². The number of methoxy groups -OCH3 is 1. The molecule has 7 heteroatoms. The number of carbonyl (C=O) groups is 1. The van der Waals surface area contributed by atoms with Gasteiger partial charge in [-0.15, -0.1) is 11.3 Å². The molecule has 2 aromatic heterocycles. The van der Waals surface area contributed by atoms with E-state index in [1.165, 1.54) is 0 Å². The number of thiophene rings is 1. The second-order valence-electron chi connectivity index (χ2n) is 9.54. The van der Waals surface area contributed by atoms with Crippen molar-refractivity contribution < 1.29 is 9.53 Å². The van der Waals surface area contributed by atoms with Crippen molar-refractivity contribution in [2.45, 2.75) is 84.3 Å². The number of likely N-dealkylation sites (tertiary alicyclic amines) is 1. The molecule has 0 radical (unpaired) electrons. The van der Waals surface area contributed by atoms with Crippen molar-refractivity contribution in [1.29, 1.82) is 0 Å². The Morgan fingerprint density at radius 3 is 2.52 bits per heavy atom. The van der Waals surface area contributed by atoms with Gasteiger partial charge in [0.25, 0.3) is 5.56 Å². The van der Waals surface area contributed by atoms with E-state index in [1.54, 1.807) is 18.4 Å². The molecule has 3 heterocycles. The van der Waals surface area contributed by atoms with Crippen molar-refractivity contribution in [3.63, 3.8) is 0 Å². The first-order chi connectivity index (χ1) is 14.8. The zero-order valence-corrected chi connectivity index (χ0v) is 20.3. The van der Waals surface area contributed by atoms with Crippen LogP contribution in [0.2, 0.25) is 0 Å². The molecular formula is C24H35N3O3S. The molecule has 1 amide bonds. The quantitative estimate of drug-likeness (QED) is 0.692. The van der Waals surface area contributed by atoms with Crippen LogP contribution < -0.4 is 5.56 Å². The summed E-state index contributed by atoms with van der Waals surface area (Å²) in [6, 6.07) is 0.100. The maximum absolute atomic E-state index is 13.6. The van der Waals surface area contributed by atoms with E-state index in [-0.39, 0.29) is 35.4 Å². The summed E-state index contributed by atoms with van der Waals surface area (Å²) in [5, 5.41) is 0.776. The summed E-state index contributed by atoms with van der Waals surface area (Å²) < 4.78 is 7.47. The van der Waals surface area contributed by atoms with Crippen LogP contribution >= 0.6 is 11.3 Å². The number of hydrogen-bond donors (Lipinski definition) is 0. The Balaban J connectivity index is 1.55. The third kappa shape index (κ3) is 4.19. The average Bonchev–Trinajstić information content (AvgIpc) is 3.07. The van der Waals surface area contributed by atoms with Crippen LogP contribution in [0.4, 0.5) is 0 Å². The molecular weight excluding hydrogens is 410 g/mol. The molecule has 31 heavy (non-hydrogen) atoms. The maximum Gasteiger partial charge on any atom is 0.262 e. The number of aromatic nitrogens is 2. The molecule has 2 aromatic rings. The summed E-state index contributed by atoms with van der Waals surface area (Å²) in [4.78, 5) is 35.6. The first-order valence-corrected chi connectivity index (χ1v) is 12.5.